The molecule has 0 amide bonds. The summed E-state index contributed by atoms with van der Waals surface area (Å²) in [6, 6.07) is 10.9. The van der Waals surface area contributed by atoms with Gasteiger partial charge in [-0.15, -0.1) is 11.3 Å². The zero-order valence-electron chi connectivity index (χ0n) is 13.1. The van der Waals surface area contributed by atoms with Crippen molar-refractivity contribution >= 4 is 11.3 Å². The highest BCUT2D eigenvalue weighted by atomic mass is 32.1. The number of hydrazine groups is 1. The van der Waals surface area contributed by atoms with Crippen LogP contribution in [0.4, 0.5) is 0 Å². The predicted octanol–water partition coefficient (Wildman–Crippen LogP) is 3.58. The lowest BCUT2D eigenvalue weighted by atomic mass is 9.69. The van der Waals surface area contributed by atoms with E-state index in [1.165, 1.54) is 5.56 Å². The Morgan fingerprint density at radius 1 is 1.24 bits per heavy atom. The maximum absolute atomic E-state index is 5.93. The molecule has 1 aromatic heterocycles. The van der Waals surface area contributed by atoms with Gasteiger partial charge in [0.1, 0.15) is 0 Å². The number of rotatable bonds is 7. The van der Waals surface area contributed by atoms with Gasteiger partial charge in [-0.25, -0.2) is 4.98 Å². The van der Waals surface area contributed by atoms with E-state index in [0.717, 1.165) is 30.0 Å². The van der Waals surface area contributed by atoms with Crippen LogP contribution in [0.15, 0.2) is 35.7 Å². The van der Waals surface area contributed by atoms with Crippen molar-refractivity contribution in [1.29, 1.82) is 0 Å². The first kappa shape index (κ1) is 16.1. The monoisotopic (exact) mass is 303 g/mol. The van der Waals surface area contributed by atoms with E-state index in [0.29, 0.717) is 0 Å². The standard InChI is InChI=1S/C17H25N3S/c1-4-17(5-2,14-9-7-6-8-10-14)16(20-18)11-15-12-21-13(3)19-15/h6-10,12,16,20H,4-5,11,18H2,1-3H3. The van der Waals surface area contributed by atoms with Gasteiger partial charge in [0.25, 0.3) is 0 Å². The number of hydrogen-bond donors (Lipinski definition) is 2. The number of hydrogen-bond acceptors (Lipinski definition) is 4. The maximum Gasteiger partial charge on any atom is 0.0897 e. The number of nitrogens with two attached hydrogens (primary N) is 1. The van der Waals surface area contributed by atoms with Crippen LogP contribution in [-0.4, -0.2) is 11.0 Å². The van der Waals surface area contributed by atoms with Crippen LogP contribution < -0.4 is 11.3 Å². The molecule has 0 bridgehead atoms. The van der Waals surface area contributed by atoms with Crippen LogP contribution in [0.3, 0.4) is 0 Å². The van der Waals surface area contributed by atoms with Crippen LogP contribution in [0.1, 0.15) is 43.0 Å². The van der Waals surface area contributed by atoms with Crippen LogP contribution in [0.25, 0.3) is 0 Å². The van der Waals surface area contributed by atoms with Crippen molar-refractivity contribution < 1.29 is 0 Å². The molecule has 0 saturated heterocycles. The lowest BCUT2D eigenvalue weighted by Crippen LogP contribution is -2.52. The highest BCUT2D eigenvalue weighted by Gasteiger charge is 2.37. The van der Waals surface area contributed by atoms with Gasteiger partial charge in [0.2, 0.25) is 0 Å². The summed E-state index contributed by atoms with van der Waals surface area (Å²) >= 11 is 1.70. The first-order valence-electron chi connectivity index (χ1n) is 7.59. The summed E-state index contributed by atoms with van der Waals surface area (Å²) in [4.78, 5) is 4.60. The summed E-state index contributed by atoms with van der Waals surface area (Å²) in [5, 5.41) is 3.25. The highest BCUT2D eigenvalue weighted by molar-refractivity contribution is 7.09. The van der Waals surface area contributed by atoms with Crippen LogP contribution in [-0.2, 0) is 11.8 Å². The minimum absolute atomic E-state index is 0.0352. The molecule has 3 N–H and O–H groups in total. The van der Waals surface area contributed by atoms with Crippen molar-refractivity contribution in [2.75, 3.05) is 0 Å². The number of benzene rings is 1. The molecule has 3 nitrogen and oxygen atoms in total. The molecular weight excluding hydrogens is 278 g/mol. The van der Waals surface area contributed by atoms with E-state index in [9.17, 15) is 0 Å². The molecule has 114 valence electrons. The van der Waals surface area contributed by atoms with E-state index in [4.69, 9.17) is 5.84 Å². The Morgan fingerprint density at radius 3 is 2.38 bits per heavy atom. The van der Waals surface area contributed by atoms with Gasteiger partial charge in [-0.05, 0) is 25.3 Å². The van der Waals surface area contributed by atoms with E-state index in [1.54, 1.807) is 11.3 Å². The number of nitrogens with zero attached hydrogens (tertiary/aromatic N) is 1. The molecule has 0 fully saturated rings. The number of nitrogens with one attached hydrogen (secondary N) is 1. The van der Waals surface area contributed by atoms with E-state index < -0.39 is 0 Å². The van der Waals surface area contributed by atoms with Crippen molar-refractivity contribution in [3.05, 3.63) is 52.0 Å². The molecule has 0 spiro atoms. The molecule has 1 aromatic carbocycles. The molecule has 0 radical (unpaired) electrons. The Labute approximate surface area is 131 Å². The Kier molecular flexibility index (Phi) is 5.51. The third-order valence-electron chi connectivity index (χ3n) is 4.56. The molecule has 1 atom stereocenters. The maximum atomic E-state index is 5.93. The second-order valence-corrected chi connectivity index (χ2v) is 6.57. The average molecular weight is 303 g/mol. The number of thiazole rings is 1. The van der Waals surface area contributed by atoms with Crippen LogP contribution in [0.5, 0.6) is 0 Å². The largest absolute Gasteiger partial charge is 0.271 e. The molecule has 0 aliphatic carbocycles. The van der Waals surface area contributed by atoms with Crippen LogP contribution >= 0.6 is 11.3 Å². The molecule has 1 heterocycles. The highest BCUT2D eigenvalue weighted by Crippen LogP contribution is 2.36. The fraction of sp³-hybridized carbons (Fsp3) is 0.471. The van der Waals surface area contributed by atoms with Crippen molar-refractivity contribution in [2.24, 2.45) is 5.84 Å². The van der Waals surface area contributed by atoms with Crippen molar-refractivity contribution in [3.8, 4) is 0 Å². The van der Waals surface area contributed by atoms with Crippen LogP contribution in [0, 0.1) is 6.92 Å². The first-order chi connectivity index (χ1) is 10.2. The second-order valence-electron chi connectivity index (χ2n) is 5.51. The zero-order chi connectivity index (χ0) is 15.3. The van der Waals surface area contributed by atoms with Gasteiger partial charge in [0.15, 0.2) is 0 Å². The third kappa shape index (κ3) is 3.34. The molecule has 0 aliphatic heterocycles. The quantitative estimate of drug-likeness (QED) is 0.607. The molecule has 21 heavy (non-hydrogen) atoms. The molecule has 2 rings (SSSR count). The normalized spacial score (nSPS) is 13.3. The summed E-state index contributed by atoms with van der Waals surface area (Å²) < 4.78 is 0. The Bertz CT molecular complexity index is 546. The summed E-state index contributed by atoms with van der Waals surface area (Å²) in [5.74, 6) is 5.93. The molecule has 1 unspecified atom stereocenters. The van der Waals surface area contributed by atoms with Gasteiger partial charge < -0.3 is 0 Å². The van der Waals surface area contributed by atoms with E-state index in [1.807, 2.05) is 6.92 Å². The summed E-state index contributed by atoms with van der Waals surface area (Å²) in [5.41, 5.74) is 5.58. The molecule has 2 aromatic rings. The average Bonchev–Trinajstić information content (AvgIpc) is 2.94. The third-order valence-corrected chi connectivity index (χ3v) is 5.38. The lowest BCUT2D eigenvalue weighted by Gasteiger charge is -2.40. The molecule has 0 aliphatic rings. The van der Waals surface area contributed by atoms with Crippen molar-refractivity contribution in [2.45, 2.75) is 51.5 Å². The van der Waals surface area contributed by atoms with Gasteiger partial charge in [-0.2, -0.15) is 0 Å². The van der Waals surface area contributed by atoms with Gasteiger partial charge in [-0.1, -0.05) is 44.2 Å². The Balaban J connectivity index is 2.34. The fourth-order valence-electron chi connectivity index (χ4n) is 3.25. The number of aromatic nitrogens is 1. The van der Waals surface area contributed by atoms with Gasteiger partial charge in [-0.3, -0.25) is 11.3 Å². The van der Waals surface area contributed by atoms with E-state index >= 15 is 0 Å². The van der Waals surface area contributed by atoms with E-state index in [2.05, 4.69) is 60.0 Å². The lowest BCUT2D eigenvalue weighted by molar-refractivity contribution is 0.269. The second kappa shape index (κ2) is 7.16. The zero-order valence-corrected chi connectivity index (χ0v) is 13.9. The van der Waals surface area contributed by atoms with Gasteiger partial charge in [0, 0.05) is 23.3 Å². The molecule has 0 saturated carbocycles. The Hall–Kier alpha value is -1.23. The molecular formula is C17H25N3S. The van der Waals surface area contributed by atoms with Gasteiger partial charge >= 0.3 is 0 Å². The summed E-state index contributed by atoms with van der Waals surface area (Å²) in [6.07, 6.45) is 2.95. The topological polar surface area (TPSA) is 50.9 Å². The van der Waals surface area contributed by atoms with Gasteiger partial charge in [0.05, 0.1) is 10.7 Å². The smallest absolute Gasteiger partial charge is 0.0897 e. The van der Waals surface area contributed by atoms with Crippen molar-refractivity contribution in [3.63, 3.8) is 0 Å². The molecule has 4 heteroatoms. The minimum Gasteiger partial charge on any atom is -0.271 e. The Morgan fingerprint density at radius 2 is 1.90 bits per heavy atom. The van der Waals surface area contributed by atoms with Crippen molar-refractivity contribution in [1.82, 2.24) is 10.4 Å². The fourth-order valence-corrected chi connectivity index (χ4v) is 3.87. The summed E-state index contributed by atoms with van der Waals surface area (Å²) in [6.45, 7) is 6.53. The minimum atomic E-state index is 0.0352. The number of aryl methyl sites for hydroxylation is 1. The van der Waals surface area contributed by atoms with Crippen LogP contribution in [0.2, 0.25) is 0 Å². The summed E-state index contributed by atoms with van der Waals surface area (Å²) in [7, 11) is 0. The predicted molar refractivity (Wildman–Crippen MR) is 90.4 cm³/mol. The van der Waals surface area contributed by atoms with E-state index in [-0.39, 0.29) is 11.5 Å². The SMILES string of the molecule is CCC(CC)(c1ccccc1)C(Cc1csc(C)n1)NN. The first-order valence-corrected chi connectivity index (χ1v) is 8.47.